The van der Waals surface area contributed by atoms with Crippen molar-refractivity contribution in [3.8, 4) is 45.8 Å². The van der Waals surface area contributed by atoms with Crippen LogP contribution >= 0.6 is 0 Å². The minimum Gasteiger partial charge on any atom is -0.507 e. The van der Waals surface area contributed by atoms with E-state index < -0.39 is 66.3 Å². The third kappa shape index (κ3) is 4.72. The molecule has 8 N–H and O–H groups in total. The fourth-order valence-corrected chi connectivity index (χ4v) is 3.68. The first-order chi connectivity index (χ1) is 17.0. The molecule has 3 aromatic rings. The fraction of sp³-hybridized carbons (Fsp3) is 0.304. The van der Waals surface area contributed by atoms with Crippen molar-refractivity contribution in [2.24, 2.45) is 0 Å². The second-order valence-electron chi connectivity index (χ2n) is 8.11. The normalized spacial score (nSPS) is 23.9. The van der Waals surface area contributed by atoms with Gasteiger partial charge in [-0.05, 0) is 0 Å². The van der Waals surface area contributed by atoms with Crippen LogP contribution in [0.15, 0.2) is 34.7 Å². The Bertz CT molecular complexity index is 1280. The van der Waals surface area contributed by atoms with E-state index in [-0.39, 0.29) is 33.8 Å². The van der Waals surface area contributed by atoms with E-state index in [0.717, 1.165) is 25.1 Å². The van der Waals surface area contributed by atoms with Crippen molar-refractivity contribution in [1.82, 2.24) is 0 Å². The number of aliphatic hydroxyl groups is 3. The number of benzene rings is 2. The molecule has 0 aliphatic carbocycles. The Labute approximate surface area is 202 Å². The maximum absolute atomic E-state index is 11.2. The van der Waals surface area contributed by atoms with E-state index in [1.54, 1.807) is 0 Å². The largest absolute Gasteiger partial charge is 0.507 e. The third-order valence-electron chi connectivity index (χ3n) is 5.51. The lowest BCUT2D eigenvalue weighted by atomic mass is 9.99. The Kier molecular flexibility index (Phi) is 6.65. The molecule has 1 saturated heterocycles. The van der Waals surface area contributed by atoms with Crippen LogP contribution in [0.2, 0.25) is 0 Å². The highest BCUT2D eigenvalue weighted by molar-refractivity contribution is 5.88. The smallest absolute Gasteiger partial charge is 0.402 e. The number of aromatic hydroxyl groups is 5. The summed E-state index contributed by atoms with van der Waals surface area (Å²) in [5.74, 6) is -4.10. The van der Waals surface area contributed by atoms with Crippen LogP contribution in [-0.4, -0.2) is 84.1 Å². The molecule has 2 heterocycles. The fourth-order valence-electron chi connectivity index (χ4n) is 3.68. The number of rotatable bonds is 5. The number of phenolic OH excluding ortho intramolecular Hbond substituents is 5. The van der Waals surface area contributed by atoms with Crippen molar-refractivity contribution in [3.63, 3.8) is 0 Å². The topological polar surface area (TPSA) is 218 Å². The predicted molar refractivity (Wildman–Crippen MR) is 118 cm³/mol. The molecule has 0 spiro atoms. The van der Waals surface area contributed by atoms with Crippen LogP contribution in [0.5, 0.6) is 34.5 Å². The molecule has 4 rings (SSSR count). The first-order valence-electron chi connectivity index (χ1n) is 10.5. The van der Waals surface area contributed by atoms with Crippen molar-refractivity contribution in [1.29, 1.82) is 0 Å². The van der Waals surface area contributed by atoms with Crippen LogP contribution in [0.4, 0.5) is 0 Å². The summed E-state index contributed by atoms with van der Waals surface area (Å²) < 4.78 is 21.8. The van der Waals surface area contributed by atoms with Crippen molar-refractivity contribution >= 4 is 16.9 Å². The van der Waals surface area contributed by atoms with E-state index >= 15 is 0 Å². The van der Waals surface area contributed by atoms with Gasteiger partial charge in [0.15, 0.2) is 17.2 Å². The van der Waals surface area contributed by atoms with Gasteiger partial charge in [0.1, 0.15) is 47.9 Å². The molecule has 2 aromatic carbocycles. The zero-order valence-electron chi connectivity index (χ0n) is 18.6. The lowest BCUT2D eigenvalue weighted by Gasteiger charge is -2.39. The molecule has 0 radical (unpaired) electrons. The SMILES string of the molecule is CC(=O)OCC1O[C@@H](Oc2cc3c(O)cc(O)cc3[o+]c2-c2cc(O)c(O)c(O)c2)C(O)C(O)[C@@H]1O. The van der Waals surface area contributed by atoms with Gasteiger partial charge in [-0.25, -0.2) is 4.42 Å². The zero-order valence-corrected chi connectivity index (χ0v) is 18.6. The van der Waals surface area contributed by atoms with Crippen molar-refractivity contribution < 1.29 is 64.3 Å². The van der Waals surface area contributed by atoms with E-state index in [9.17, 15) is 45.6 Å². The molecule has 36 heavy (non-hydrogen) atoms. The van der Waals surface area contributed by atoms with Crippen LogP contribution in [0, 0.1) is 0 Å². The Morgan fingerprint density at radius 3 is 2.22 bits per heavy atom. The molecule has 13 nitrogen and oxygen atoms in total. The zero-order chi connectivity index (χ0) is 26.3. The van der Waals surface area contributed by atoms with Crippen molar-refractivity contribution in [2.75, 3.05) is 6.61 Å². The lowest BCUT2D eigenvalue weighted by molar-refractivity contribution is -0.278. The highest BCUT2D eigenvalue weighted by Gasteiger charge is 2.46. The molecule has 192 valence electrons. The Morgan fingerprint density at radius 2 is 1.58 bits per heavy atom. The Hall–Kier alpha value is -4.04. The summed E-state index contributed by atoms with van der Waals surface area (Å²) in [5, 5.41) is 80.7. The summed E-state index contributed by atoms with van der Waals surface area (Å²) in [5.41, 5.74) is -0.0833. The minimum absolute atomic E-state index is 0.0371. The average Bonchev–Trinajstić information content (AvgIpc) is 2.81. The van der Waals surface area contributed by atoms with Gasteiger partial charge < -0.3 is 55.1 Å². The Morgan fingerprint density at radius 1 is 0.917 bits per heavy atom. The minimum atomic E-state index is -1.80. The van der Waals surface area contributed by atoms with E-state index in [1.807, 2.05) is 0 Å². The number of carbonyl (C=O) groups excluding carboxylic acids is 1. The maximum atomic E-state index is 11.2. The van der Waals surface area contributed by atoms with Gasteiger partial charge >= 0.3 is 17.3 Å². The standard InChI is InChI=1S/C23H22O13/c1-8(24)33-7-17-19(30)20(31)21(32)23(36-17)35-16-6-11-12(26)4-10(25)5-15(11)34-22(16)9-2-13(27)18(29)14(28)3-9/h2-6,17,19-21,23,30-32H,7H2,1H3,(H4-,25,26,27,28,29)/p+1/t17?,19-,20?,21?,23-/m1/s1. The van der Waals surface area contributed by atoms with Crippen LogP contribution < -0.4 is 4.74 Å². The summed E-state index contributed by atoms with van der Waals surface area (Å²) >= 11 is 0. The number of hydrogen-bond acceptors (Lipinski definition) is 12. The highest BCUT2D eigenvalue weighted by atomic mass is 16.7. The molecule has 0 amide bonds. The van der Waals surface area contributed by atoms with Crippen LogP contribution in [-0.2, 0) is 14.3 Å². The first-order valence-corrected chi connectivity index (χ1v) is 10.5. The molecule has 3 unspecified atom stereocenters. The molecular weight excluding hydrogens is 484 g/mol. The molecule has 1 fully saturated rings. The number of ether oxygens (including phenoxy) is 3. The summed E-state index contributed by atoms with van der Waals surface area (Å²) in [4.78, 5) is 11.2. The summed E-state index contributed by atoms with van der Waals surface area (Å²) in [6.45, 7) is 0.666. The third-order valence-corrected chi connectivity index (χ3v) is 5.51. The molecule has 0 saturated carbocycles. The van der Waals surface area contributed by atoms with Crippen LogP contribution in [0.3, 0.4) is 0 Å². The molecule has 5 atom stereocenters. The monoisotopic (exact) mass is 507 g/mol. The van der Waals surface area contributed by atoms with E-state index in [2.05, 4.69) is 0 Å². The van der Waals surface area contributed by atoms with E-state index in [4.69, 9.17) is 18.6 Å². The van der Waals surface area contributed by atoms with Crippen molar-refractivity contribution in [3.05, 3.63) is 30.3 Å². The molecule has 1 aliphatic heterocycles. The van der Waals surface area contributed by atoms with Crippen LogP contribution in [0.1, 0.15) is 6.92 Å². The maximum Gasteiger partial charge on any atom is 0.402 e. The molecule has 1 aromatic heterocycles. The van der Waals surface area contributed by atoms with Gasteiger partial charge in [0.25, 0.3) is 0 Å². The van der Waals surface area contributed by atoms with Crippen molar-refractivity contribution in [2.45, 2.75) is 37.6 Å². The first kappa shape index (κ1) is 25.1. The van der Waals surface area contributed by atoms with Gasteiger partial charge in [-0.3, -0.25) is 4.79 Å². The van der Waals surface area contributed by atoms with E-state index in [0.29, 0.717) is 0 Å². The quantitative estimate of drug-likeness (QED) is 0.135. The van der Waals surface area contributed by atoms with Gasteiger partial charge in [0.05, 0.1) is 11.6 Å². The predicted octanol–water partition coefficient (Wildman–Crippen LogP) is 0.658. The molecule has 1 aliphatic rings. The molecule has 13 heteroatoms. The number of carbonyl (C=O) groups is 1. The highest BCUT2D eigenvalue weighted by Crippen LogP contribution is 2.44. The summed E-state index contributed by atoms with van der Waals surface area (Å²) in [6.07, 6.45) is -8.14. The molecular formula is C23H23O13+. The van der Waals surface area contributed by atoms with Gasteiger partial charge in [-0.15, -0.1) is 0 Å². The van der Waals surface area contributed by atoms with Gasteiger partial charge in [-0.1, -0.05) is 0 Å². The number of aliphatic hydroxyl groups excluding tert-OH is 3. The summed E-state index contributed by atoms with van der Waals surface area (Å²) in [7, 11) is 0. The number of fused-ring (bicyclic) bond motifs is 1. The Balaban J connectivity index is 1.80. The van der Waals surface area contributed by atoms with Gasteiger partial charge in [0.2, 0.25) is 12.0 Å². The molecule has 0 bridgehead atoms. The number of esters is 1. The second kappa shape index (κ2) is 9.54. The number of phenols is 5. The summed E-state index contributed by atoms with van der Waals surface area (Å²) in [6, 6.07) is 5.48. The van der Waals surface area contributed by atoms with E-state index in [1.165, 1.54) is 12.1 Å². The number of hydrogen-bond donors (Lipinski definition) is 8. The van der Waals surface area contributed by atoms with Gasteiger partial charge in [0, 0.05) is 31.2 Å². The average molecular weight is 507 g/mol. The second-order valence-corrected chi connectivity index (χ2v) is 8.11. The lowest BCUT2D eigenvalue weighted by Crippen LogP contribution is -2.60. The van der Waals surface area contributed by atoms with Gasteiger partial charge in [-0.2, -0.15) is 0 Å². The van der Waals surface area contributed by atoms with Crippen LogP contribution in [0.25, 0.3) is 22.3 Å².